The second-order valence-electron chi connectivity index (χ2n) is 20.7. The number of thiophene rings is 1. The van der Waals surface area contributed by atoms with Crippen molar-refractivity contribution in [3.8, 4) is 22.3 Å². The molecule has 0 amide bonds. The lowest BCUT2D eigenvalue weighted by Crippen LogP contribution is -2.63. The minimum atomic E-state index is -0.217. The van der Waals surface area contributed by atoms with Crippen molar-refractivity contribution in [1.82, 2.24) is 0 Å². The van der Waals surface area contributed by atoms with Gasteiger partial charge in [-0.1, -0.05) is 146 Å². The van der Waals surface area contributed by atoms with Crippen LogP contribution in [0.2, 0.25) is 0 Å². The summed E-state index contributed by atoms with van der Waals surface area (Å²) in [6, 6.07) is 49.9. The standard InChI is InChI=1S/C56H49BN2S/c1-53(2)28-29-54(3,4)42-30-32(24-26-39(42)53)59-45-27-25-35-34-17-10-14-23-46(34)60-52(35)47(45)37-31-36-33-16-9-11-18-38(33)56(7,8)48(36)51-49(37)57(59)43-21-15-20-41-50(43)58(51)44-22-13-12-19-40(44)55(41,5)6/h9-27,30-31H,28-29H2,1-8H3. The Kier molecular flexibility index (Phi) is 6.58. The van der Waals surface area contributed by atoms with Crippen molar-refractivity contribution < 1.29 is 0 Å². The van der Waals surface area contributed by atoms with Gasteiger partial charge in [0, 0.05) is 59.3 Å². The number of anilines is 5. The molecule has 0 radical (unpaired) electrons. The predicted molar refractivity (Wildman–Crippen MR) is 258 cm³/mol. The molecule has 60 heavy (non-hydrogen) atoms. The number of rotatable bonds is 1. The van der Waals surface area contributed by atoms with Crippen molar-refractivity contribution in [2.75, 3.05) is 9.71 Å². The van der Waals surface area contributed by atoms with Crippen LogP contribution in [0.1, 0.15) is 102 Å². The first-order valence-corrected chi connectivity index (χ1v) is 22.8. The van der Waals surface area contributed by atoms with Gasteiger partial charge in [0.2, 0.25) is 0 Å². The largest absolute Gasteiger partial charge is 0.376 e. The first-order chi connectivity index (χ1) is 28.8. The van der Waals surface area contributed by atoms with Crippen LogP contribution in [-0.4, -0.2) is 6.85 Å². The quantitative estimate of drug-likeness (QED) is 0.153. The number of nitrogens with zero attached hydrogens (tertiary/aromatic N) is 2. The fraction of sp³-hybridized carbons (Fsp3) is 0.250. The van der Waals surface area contributed by atoms with E-state index in [-0.39, 0.29) is 28.5 Å². The summed E-state index contributed by atoms with van der Waals surface area (Å²) in [5, 5.41) is 2.69. The maximum atomic E-state index is 2.78. The van der Waals surface area contributed by atoms with E-state index in [2.05, 4.69) is 192 Å². The molecule has 0 saturated heterocycles. The van der Waals surface area contributed by atoms with Gasteiger partial charge in [-0.2, -0.15) is 0 Å². The fourth-order valence-electron chi connectivity index (χ4n) is 12.7. The van der Waals surface area contributed by atoms with E-state index in [1.54, 1.807) is 0 Å². The summed E-state index contributed by atoms with van der Waals surface area (Å²) in [6.07, 6.45) is 2.39. The van der Waals surface area contributed by atoms with Crippen LogP contribution in [0.15, 0.2) is 127 Å². The van der Waals surface area contributed by atoms with E-state index in [4.69, 9.17) is 0 Å². The van der Waals surface area contributed by atoms with Gasteiger partial charge in [-0.05, 0) is 121 Å². The molecule has 0 atom stereocenters. The lowest BCUT2D eigenvalue weighted by Gasteiger charge is -2.52. The summed E-state index contributed by atoms with van der Waals surface area (Å²) in [6.45, 7) is 19.6. The average molecular weight is 793 g/mol. The molecule has 0 fully saturated rings. The molecule has 0 bridgehead atoms. The molecule has 0 unspecified atom stereocenters. The normalized spacial score (nSPS) is 18.6. The lowest BCUT2D eigenvalue weighted by molar-refractivity contribution is 0.332. The number of hydrogen-bond acceptors (Lipinski definition) is 3. The summed E-state index contributed by atoms with van der Waals surface area (Å²) in [4.78, 5) is 5.52. The average Bonchev–Trinajstić information content (AvgIpc) is 3.73. The second kappa shape index (κ2) is 11.2. The third kappa shape index (κ3) is 4.17. The van der Waals surface area contributed by atoms with Crippen LogP contribution < -0.4 is 20.6 Å². The molecule has 13 rings (SSSR count). The highest BCUT2D eigenvalue weighted by atomic mass is 32.1. The Balaban J connectivity index is 1.24. The van der Waals surface area contributed by atoms with E-state index in [0.717, 1.165) is 0 Å². The topological polar surface area (TPSA) is 6.48 Å². The van der Waals surface area contributed by atoms with Crippen LogP contribution in [0, 0.1) is 0 Å². The molecular weight excluding hydrogens is 744 g/mol. The maximum Gasteiger partial charge on any atom is 0.333 e. The second-order valence-corrected chi connectivity index (χ2v) is 21.8. The van der Waals surface area contributed by atoms with Crippen LogP contribution >= 0.6 is 11.3 Å². The zero-order valence-corrected chi connectivity index (χ0v) is 36.7. The van der Waals surface area contributed by atoms with Crippen LogP contribution in [-0.2, 0) is 21.7 Å². The molecule has 0 N–H and O–H groups in total. The van der Waals surface area contributed by atoms with Crippen LogP contribution in [0.4, 0.5) is 28.4 Å². The highest BCUT2D eigenvalue weighted by molar-refractivity contribution is 7.26. The highest BCUT2D eigenvalue weighted by Gasteiger charge is 2.53. The predicted octanol–water partition coefficient (Wildman–Crippen LogP) is 14.1. The number of para-hydroxylation sites is 2. The molecule has 4 heterocycles. The van der Waals surface area contributed by atoms with E-state index in [1.165, 1.54) is 128 Å². The molecule has 8 aromatic rings. The SMILES string of the molecule is CC1(C)CCC(C)(C)c2cc(N3B4c5cccc6c5N(c5ccccc5C6(C)C)c5c4c(cc4c5C(C)(C)c5ccccc5-4)-c4c3ccc3c4sc4ccccc43)ccc21. The third-order valence-electron chi connectivity index (χ3n) is 15.9. The molecule has 2 nitrogen and oxygen atoms in total. The molecular formula is C56H49BN2S. The van der Waals surface area contributed by atoms with Crippen molar-refractivity contribution >= 4 is 77.7 Å². The van der Waals surface area contributed by atoms with E-state index < -0.39 is 0 Å². The van der Waals surface area contributed by atoms with Gasteiger partial charge < -0.3 is 9.71 Å². The van der Waals surface area contributed by atoms with Gasteiger partial charge in [0.1, 0.15) is 0 Å². The summed E-state index contributed by atoms with van der Waals surface area (Å²) in [5.74, 6) is 0. The lowest BCUT2D eigenvalue weighted by atomic mass is 9.42. The molecule has 0 saturated carbocycles. The first-order valence-electron chi connectivity index (χ1n) is 22.0. The maximum absolute atomic E-state index is 2.78. The highest BCUT2D eigenvalue weighted by Crippen LogP contribution is 2.62. The van der Waals surface area contributed by atoms with Gasteiger partial charge in [-0.25, -0.2) is 0 Å². The molecule has 0 spiro atoms. The first kappa shape index (κ1) is 35.2. The Hall–Kier alpha value is -5.58. The smallest absolute Gasteiger partial charge is 0.333 e. The number of hydrogen-bond donors (Lipinski definition) is 0. The minimum absolute atomic E-state index is 0.0378. The van der Waals surface area contributed by atoms with Gasteiger partial charge in [-0.3, -0.25) is 0 Å². The zero-order valence-electron chi connectivity index (χ0n) is 35.9. The van der Waals surface area contributed by atoms with Gasteiger partial charge in [0.15, 0.2) is 0 Å². The van der Waals surface area contributed by atoms with Crippen molar-refractivity contribution in [3.63, 3.8) is 0 Å². The van der Waals surface area contributed by atoms with E-state index in [9.17, 15) is 0 Å². The Bertz CT molecular complexity index is 3250. The van der Waals surface area contributed by atoms with E-state index in [0.29, 0.717) is 0 Å². The van der Waals surface area contributed by atoms with Gasteiger partial charge >= 0.3 is 6.85 Å². The van der Waals surface area contributed by atoms with E-state index >= 15 is 0 Å². The van der Waals surface area contributed by atoms with Crippen LogP contribution in [0.5, 0.6) is 0 Å². The Morgan fingerprint density at radius 3 is 2.07 bits per heavy atom. The Labute approximate surface area is 358 Å². The molecule has 5 aliphatic rings. The summed E-state index contributed by atoms with van der Waals surface area (Å²) >= 11 is 1.96. The summed E-state index contributed by atoms with van der Waals surface area (Å²) in [5.41, 5.74) is 23.4. The van der Waals surface area contributed by atoms with Gasteiger partial charge in [-0.15, -0.1) is 11.3 Å². The summed E-state index contributed by atoms with van der Waals surface area (Å²) < 4.78 is 2.72. The van der Waals surface area contributed by atoms with E-state index in [1.807, 2.05) is 11.3 Å². The van der Waals surface area contributed by atoms with Gasteiger partial charge in [0.25, 0.3) is 0 Å². The molecule has 3 aliphatic heterocycles. The Morgan fingerprint density at radius 2 is 1.23 bits per heavy atom. The van der Waals surface area contributed by atoms with Crippen molar-refractivity contribution in [3.05, 3.63) is 161 Å². The Morgan fingerprint density at radius 1 is 0.517 bits per heavy atom. The minimum Gasteiger partial charge on any atom is -0.376 e. The molecule has 7 aromatic carbocycles. The van der Waals surface area contributed by atoms with Crippen LogP contribution in [0.25, 0.3) is 42.4 Å². The number of fused-ring (bicyclic) bond motifs is 15. The van der Waals surface area contributed by atoms with Crippen molar-refractivity contribution in [2.24, 2.45) is 0 Å². The fourth-order valence-corrected chi connectivity index (χ4v) is 13.9. The third-order valence-corrected chi connectivity index (χ3v) is 17.1. The summed E-state index contributed by atoms with van der Waals surface area (Å²) in [7, 11) is 0. The van der Waals surface area contributed by atoms with Crippen molar-refractivity contribution in [1.29, 1.82) is 0 Å². The van der Waals surface area contributed by atoms with Crippen LogP contribution in [0.3, 0.4) is 0 Å². The number of benzene rings is 7. The van der Waals surface area contributed by atoms with Crippen molar-refractivity contribution in [2.45, 2.75) is 89.9 Å². The molecule has 4 heteroatoms. The van der Waals surface area contributed by atoms with Gasteiger partial charge in [0.05, 0.1) is 5.69 Å². The zero-order chi connectivity index (χ0) is 40.8. The molecule has 2 aliphatic carbocycles. The molecule has 292 valence electrons. The monoisotopic (exact) mass is 792 g/mol. The molecule has 1 aromatic heterocycles.